The van der Waals surface area contributed by atoms with Crippen molar-refractivity contribution >= 4 is 11.6 Å². The molecule has 3 aromatic rings. The largest absolute Gasteiger partial charge is 0.324 e. The van der Waals surface area contributed by atoms with Gasteiger partial charge in [-0.1, -0.05) is 0 Å². The van der Waals surface area contributed by atoms with E-state index in [1.165, 1.54) is 19.1 Å². The van der Waals surface area contributed by atoms with E-state index >= 15 is 0 Å². The van der Waals surface area contributed by atoms with Crippen LogP contribution in [0.1, 0.15) is 13.0 Å². The van der Waals surface area contributed by atoms with Gasteiger partial charge in [-0.3, -0.25) is 14.6 Å². The van der Waals surface area contributed by atoms with Gasteiger partial charge in [0.1, 0.15) is 6.04 Å². The first-order valence-corrected chi connectivity index (χ1v) is 7.72. The standard InChI is InChI=1S/C18H14F2N4O2/c1-11(18(26)22-13-2-3-14(19)15(20)10-13)24-17(25)5-4-16(23-24)12-6-8-21-9-7-12/h2-11H,1H3,(H,22,26). The molecule has 1 N–H and O–H groups in total. The molecule has 8 heteroatoms. The zero-order chi connectivity index (χ0) is 18.7. The lowest BCUT2D eigenvalue weighted by Gasteiger charge is -2.15. The van der Waals surface area contributed by atoms with Crippen LogP contribution in [0.15, 0.2) is 59.7 Å². The minimum Gasteiger partial charge on any atom is -0.324 e. The Hall–Kier alpha value is -3.42. The summed E-state index contributed by atoms with van der Waals surface area (Å²) in [5.41, 5.74) is 0.858. The highest BCUT2D eigenvalue weighted by atomic mass is 19.2. The van der Waals surface area contributed by atoms with Crippen LogP contribution in [0, 0.1) is 11.6 Å². The summed E-state index contributed by atoms with van der Waals surface area (Å²) in [5.74, 6) is -2.68. The fourth-order valence-corrected chi connectivity index (χ4v) is 2.31. The van der Waals surface area contributed by atoms with Crippen LogP contribution >= 0.6 is 0 Å². The number of rotatable bonds is 4. The van der Waals surface area contributed by atoms with Gasteiger partial charge in [-0.05, 0) is 37.3 Å². The zero-order valence-electron chi connectivity index (χ0n) is 13.7. The molecule has 0 spiro atoms. The Kier molecular flexibility index (Phi) is 4.83. The molecule has 6 nitrogen and oxygen atoms in total. The summed E-state index contributed by atoms with van der Waals surface area (Å²) in [6, 6.07) is 8.35. The minimum absolute atomic E-state index is 0.0825. The first-order chi connectivity index (χ1) is 12.5. The number of aromatic nitrogens is 3. The van der Waals surface area contributed by atoms with Crippen LogP contribution in [0.3, 0.4) is 0 Å². The second kappa shape index (κ2) is 7.22. The Morgan fingerprint density at radius 1 is 1.08 bits per heavy atom. The summed E-state index contributed by atoms with van der Waals surface area (Å²) in [4.78, 5) is 28.4. The molecule has 0 fully saturated rings. The molecule has 1 aromatic carbocycles. The van der Waals surface area contributed by atoms with Crippen molar-refractivity contribution in [3.8, 4) is 11.3 Å². The summed E-state index contributed by atoms with van der Waals surface area (Å²) in [5, 5.41) is 6.66. The lowest BCUT2D eigenvalue weighted by molar-refractivity contribution is -0.119. The van der Waals surface area contributed by atoms with E-state index in [0.717, 1.165) is 22.4 Å². The molecule has 2 aromatic heterocycles. The summed E-state index contributed by atoms with van der Waals surface area (Å²) >= 11 is 0. The molecule has 1 unspecified atom stereocenters. The summed E-state index contributed by atoms with van der Waals surface area (Å²) in [7, 11) is 0. The van der Waals surface area contributed by atoms with E-state index in [1.54, 1.807) is 30.6 Å². The van der Waals surface area contributed by atoms with Gasteiger partial charge in [-0.2, -0.15) is 5.10 Å². The van der Waals surface area contributed by atoms with E-state index < -0.39 is 29.1 Å². The maximum absolute atomic E-state index is 13.3. The number of carbonyl (C=O) groups is 1. The van der Waals surface area contributed by atoms with Crippen LogP contribution in [-0.4, -0.2) is 20.7 Å². The molecule has 0 aliphatic carbocycles. The van der Waals surface area contributed by atoms with E-state index in [4.69, 9.17) is 0 Å². The molecule has 0 saturated heterocycles. The van der Waals surface area contributed by atoms with Gasteiger partial charge in [-0.25, -0.2) is 13.5 Å². The third-order valence-corrected chi connectivity index (χ3v) is 3.73. The van der Waals surface area contributed by atoms with Crippen molar-refractivity contribution in [2.45, 2.75) is 13.0 Å². The number of benzene rings is 1. The van der Waals surface area contributed by atoms with Gasteiger partial charge in [0.2, 0.25) is 5.91 Å². The van der Waals surface area contributed by atoms with E-state index in [-0.39, 0.29) is 5.69 Å². The molecule has 0 aliphatic rings. The van der Waals surface area contributed by atoms with Crippen LogP contribution in [-0.2, 0) is 4.79 Å². The number of pyridine rings is 1. The van der Waals surface area contributed by atoms with Crippen LogP contribution in [0.25, 0.3) is 11.3 Å². The SMILES string of the molecule is CC(C(=O)Nc1ccc(F)c(F)c1)n1nc(-c2ccncc2)ccc1=O. The van der Waals surface area contributed by atoms with Crippen molar-refractivity contribution in [2.24, 2.45) is 0 Å². The number of amides is 1. The van der Waals surface area contributed by atoms with Gasteiger partial charge < -0.3 is 5.32 Å². The Morgan fingerprint density at radius 2 is 1.81 bits per heavy atom. The molecule has 0 saturated carbocycles. The number of hydrogen-bond donors (Lipinski definition) is 1. The van der Waals surface area contributed by atoms with Crippen LogP contribution < -0.4 is 10.9 Å². The fourth-order valence-electron chi connectivity index (χ4n) is 2.31. The smallest absolute Gasteiger partial charge is 0.267 e. The number of anilines is 1. The molecule has 26 heavy (non-hydrogen) atoms. The molecular weight excluding hydrogens is 342 g/mol. The van der Waals surface area contributed by atoms with Gasteiger partial charge in [0.05, 0.1) is 5.69 Å². The predicted octanol–water partition coefficient (Wildman–Crippen LogP) is 2.78. The molecule has 132 valence electrons. The molecule has 3 rings (SSSR count). The Bertz CT molecular complexity index is 1010. The monoisotopic (exact) mass is 356 g/mol. The number of hydrogen-bond acceptors (Lipinski definition) is 4. The van der Waals surface area contributed by atoms with Crippen LogP contribution in [0.2, 0.25) is 0 Å². The molecule has 0 aliphatic heterocycles. The van der Waals surface area contributed by atoms with Crippen LogP contribution in [0.5, 0.6) is 0 Å². The van der Waals surface area contributed by atoms with Crippen molar-refractivity contribution < 1.29 is 13.6 Å². The van der Waals surface area contributed by atoms with Crippen molar-refractivity contribution in [1.29, 1.82) is 0 Å². The van der Waals surface area contributed by atoms with Gasteiger partial charge in [-0.15, -0.1) is 0 Å². The Morgan fingerprint density at radius 3 is 2.50 bits per heavy atom. The Labute approximate surface area is 147 Å². The zero-order valence-corrected chi connectivity index (χ0v) is 13.7. The van der Waals surface area contributed by atoms with Crippen molar-refractivity contribution in [2.75, 3.05) is 5.32 Å². The summed E-state index contributed by atoms with van der Waals surface area (Å²) in [6.45, 7) is 1.49. The summed E-state index contributed by atoms with van der Waals surface area (Å²) in [6.07, 6.45) is 3.18. The minimum atomic E-state index is -1.08. The second-order valence-electron chi connectivity index (χ2n) is 5.53. The van der Waals surface area contributed by atoms with Gasteiger partial charge >= 0.3 is 0 Å². The van der Waals surface area contributed by atoms with Crippen LogP contribution in [0.4, 0.5) is 14.5 Å². The lowest BCUT2D eigenvalue weighted by Crippen LogP contribution is -2.33. The van der Waals surface area contributed by atoms with Crippen molar-refractivity contribution in [1.82, 2.24) is 14.8 Å². The van der Waals surface area contributed by atoms with Gasteiger partial charge in [0.25, 0.3) is 5.56 Å². The number of nitrogens with zero attached hydrogens (tertiary/aromatic N) is 3. The molecule has 2 heterocycles. The fraction of sp³-hybridized carbons (Fsp3) is 0.111. The predicted molar refractivity (Wildman–Crippen MR) is 91.4 cm³/mol. The molecular formula is C18H14F2N4O2. The number of halogens is 2. The third kappa shape index (κ3) is 3.64. The lowest BCUT2D eigenvalue weighted by atomic mass is 10.2. The van der Waals surface area contributed by atoms with E-state index in [2.05, 4.69) is 15.4 Å². The highest BCUT2D eigenvalue weighted by Gasteiger charge is 2.19. The topological polar surface area (TPSA) is 76.9 Å². The van der Waals surface area contributed by atoms with E-state index in [1.807, 2.05) is 0 Å². The highest BCUT2D eigenvalue weighted by Crippen LogP contribution is 2.17. The summed E-state index contributed by atoms with van der Waals surface area (Å²) < 4.78 is 27.3. The average Bonchev–Trinajstić information content (AvgIpc) is 2.65. The van der Waals surface area contributed by atoms with Crippen molar-refractivity contribution in [3.63, 3.8) is 0 Å². The van der Waals surface area contributed by atoms with E-state index in [9.17, 15) is 18.4 Å². The number of nitrogens with one attached hydrogen (secondary N) is 1. The molecule has 0 radical (unpaired) electrons. The first-order valence-electron chi connectivity index (χ1n) is 7.72. The van der Waals surface area contributed by atoms with E-state index in [0.29, 0.717) is 5.69 Å². The van der Waals surface area contributed by atoms with Gasteiger partial charge in [0.15, 0.2) is 11.6 Å². The molecule has 1 atom stereocenters. The average molecular weight is 356 g/mol. The maximum atomic E-state index is 13.3. The van der Waals surface area contributed by atoms with Crippen molar-refractivity contribution in [3.05, 3.63) is 76.8 Å². The normalized spacial score (nSPS) is 11.8. The third-order valence-electron chi connectivity index (χ3n) is 3.73. The molecule has 0 bridgehead atoms. The molecule has 1 amide bonds. The second-order valence-corrected chi connectivity index (χ2v) is 5.53. The highest BCUT2D eigenvalue weighted by molar-refractivity contribution is 5.93. The quantitative estimate of drug-likeness (QED) is 0.780. The number of carbonyl (C=O) groups excluding carboxylic acids is 1. The van der Waals surface area contributed by atoms with Gasteiger partial charge in [0, 0.05) is 35.8 Å². The first kappa shape index (κ1) is 17.4. The Balaban J connectivity index is 1.86. The maximum Gasteiger partial charge on any atom is 0.267 e.